The highest BCUT2D eigenvalue weighted by atomic mass is 16.2. The molecule has 0 saturated heterocycles. The van der Waals surface area contributed by atoms with E-state index in [1.54, 1.807) is 0 Å². The molecule has 1 fully saturated rings. The van der Waals surface area contributed by atoms with Gasteiger partial charge in [-0.1, -0.05) is 18.6 Å². The van der Waals surface area contributed by atoms with Crippen LogP contribution in [0.15, 0.2) is 24.3 Å². The summed E-state index contributed by atoms with van der Waals surface area (Å²) in [5.41, 5.74) is 2.31. The Balaban J connectivity index is 1.91. The van der Waals surface area contributed by atoms with E-state index in [9.17, 15) is 4.79 Å². The van der Waals surface area contributed by atoms with Crippen LogP contribution in [0.5, 0.6) is 0 Å². The molecule has 0 unspecified atom stereocenters. The van der Waals surface area contributed by atoms with Crippen molar-refractivity contribution in [3.8, 4) is 0 Å². The lowest BCUT2D eigenvalue weighted by Crippen LogP contribution is -2.47. The minimum Gasteiger partial charge on any atom is -0.368 e. The molecule has 3 rings (SSSR count). The first-order chi connectivity index (χ1) is 8.81. The molecule has 1 aliphatic heterocycles. The molecule has 0 N–H and O–H groups in total. The first-order valence-electron chi connectivity index (χ1n) is 6.96. The van der Waals surface area contributed by atoms with E-state index >= 15 is 0 Å². The number of hydrogen-bond donors (Lipinski definition) is 0. The van der Waals surface area contributed by atoms with Gasteiger partial charge in [0.1, 0.15) is 0 Å². The van der Waals surface area contributed by atoms with Gasteiger partial charge in [0.05, 0.1) is 11.4 Å². The van der Waals surface area contributed by atoms with Gasteiger partial charge < -0.3 is 9.80 Å². The Hall–Kier alpha value is -1.51. The largest absolute Gasteiger partial charge is 0.368 e. The van der Waals surface area contributed by atoms with E-state index in [2.05, 4.69) is 30.0 Å². The third-order valence-electron chi connectivity index (χ3n) is 4.21. The Morgan fingerprint density at radius 2 is 1.94 bits per heavy atom. The Labute approximate surface area is 108 Å². The quantitative estimate of drug-likeness (QED) is 0.798. The summed E-state index contributed by atoms with van der Waals surface area (Å²) < 4.78 is 0. The number of nitrogens with zero attached hydrogens (tertiary/aromatic N) is 2. The maximum absolute atomic E-state index is 12.4. The molecule has 3 nitrogen and oxygen atoms in total. The molecule has 1 aromatic carbocycles. The van der Waals surface area contributed by atoms with Crippen molar-refractivity contribution in [2.45, 2.75) is 26.2 Å². The molecule has 18 heavy (non-hydrogen) atoms. The van der Waals surface area contributed by atoms with Gasteiger partial charge >= 0.3 is 0 Å². The zero-order valence-corrected chi connectivity index (χ0v) is 10.9. The molecule has 96 valence electrons. The molecular weight excluding hydrogens is 224 g/mol. The van der Waals surface area contributed by atoms with E-state index in [0.717, 1.165) is 38.2 Å². The summed E-state index contributed by atoms with van der Waals surface area (Å²) >= 11 is 0. The van der Waals surface area contributed by atoms with Crippen molar-refractivity contribution in [2.24, 2.45) is 5.92 Å². The van der Waals surface area contributed by atoms with Crippen molar-refractivity contribution in [1.82, 2.24) is 0 Å². The second-order valence-electron chi connectivity index (χ2n) is 5.19. The highest BCUT2D eigenvalue weighted by Gasteiger charge is 2.33. The SMILES string of the molecule is CCN1CCN(C(=O)C2CCC2)c2ccccc21. The first kappa shape index (κ1) is 11.6. The van der Waals surface area contributed by atoms with Gasteiger partial charge in [0.25, 0.3) is 0 Å². The van der Waals surface area contributed by atoms with Crippen LogP contribution in [-0.4, -0.2) is 25.5 Å². The summed E-state index contributed by atoms with van der Waals surface area (Å²) in [4.78, 5) is 16.8. The summed E-state index contributed by atoms with van der Waals surface area (Å²) in [6.45, 7) is 4.95. The lowest BCUT2D eigenvalue weighted by Gasteiger charge is -2.40. The minimum atomic E-state index is 0.284. The monoisotopic (exact) mass is 244 g/mol. The Morgan fingerprint density at radius 1 is 1.22 bits per heavy atom. The third-order valence-corrected chi connectivity index (χ3v) is 4.21. The van der Waals surface area contributed by atoms with E-state index in [1.165, 1.54) is 12.1 Å². The van der Waals surface area contributed by atoms with Gasteiger partial charge in [0.15, 0.2) is 0 Å². The molecule has 3 heteroatoms. The lowest BCUT2D eigenvalue weighted by molar-refractivity contribution is -0.124. The van der Waals surface area contributed by atoms with Crippen molar-refractivity contribution in [2.75, 3.05) is 29.4 Å². The van der Waals surface area contributed by atoms with Crippen LogP contribution in [0.2, 0.25) is 0 Å². The molecule has 1 heterocycles. The molecule has 0 bridgehead atoms. The van der Waals surface area contributed by atoms with Crippen molar-refractivity contribution in [3.63, 3.8) is 0 Å². The minimum absolute atomic E-state index is 0.284. The van der Waals surface area contributed by atoms with Crippen LogP contribution in [0, 0.1) is 5.92 Å². The highest BCUT2D eigenvalue weighted by Crippen LogP contribution is 2.36. The van der Waals surface area contributed by atoms with Crippen LogP contribution in [0.3, 0.4) is 0 Å². The molecule has 1 amide bonds. The summed E-state index contributed by atoms with van der Waals surface area (Å²) in [5, 5.41) is 0. The summed E-state index contributed by atoms with van der Waals surface area (Å²) in [7, 11) is 0. The Morgan fingerprint density at radius 3 is 2.56 bits per heavy atom. The van der Waals surface area contributed by atoms with Gasteiger partial charge in [-0.05, 0) is 31.9 Å². The van der Waals surface area contributed by atoms with Gasteiger partial charge in [0.2, 0.25) is 5.91 Å². The van der Waals surface area contributed by atoms with Crippen molar-refractivity contribution < 1.29 is 4.79 Å². The van der Waals surface area contributed by atoms with Gasteiger partial charge in [-0.15, -0.1) is 0 Å². The predicted molar refractivity (Wildman–Crippen MR) is 74.0 cm³/mol. The fourth-order valence-electron chi connectivity index (χ4n) is 2.85. The number of fused-ring (bicyclic) bond motifs is 1. The second-order valence-corrected chi connectivity index (χ2v) is 5.19. The normalized spacial score (nSPS) is 19.4. The van der Waals surface area contributed by atoms with Crippen molar-refractivity contribution in [1.29, 1.82) is 0 Å². The zero-order valence-electron chi connectivity index (χ0n) is 10.9. The van der Waals surface area contributed by atoms with Gasteiger partial charge in [-0.25, -0.2) is 0 Å². The van der Waals surface area contributed by atoms with Crippen LogP contribution >= 0.6 is 0 Å². The average molecular weight is 244 g/mol. The number of carbonyl (C=O) groups excluding carboxylic acids is 1. The fraction of sp³-hybridized carbons (Fsp3) is 0.533. The molecule has 1 aliphatic carbocycles. The summed E-state index contributed by atoms with van der Waals surface area (Å²) in [6.07, 6.45) is 3.37. The standard InChI is InChI=1S/C15H20N2O/c1-2-16-10-11-17(15(18)12-6-5-7-12)14-9-4-3-8-13(14)16/h3-4,8-9,12H,2,5-7,10-11H2,1H3. The van der Waals surface area contributed by atoms with Gasteiger partial charge in [-0.2, -0.15) is 0 Å². The second kappa shape index (κ2) is 4.63. The molecular formula is C15H20N2O. The molecule has 0 atom stereocenters. The van der Waals surface area contributed by atoms with E-state index in [1.807, 2.05) is 11.0 Å². The number of benzene rings is 1. The lowest BCUT2D eigenvalue weighted by atomic mass is 9.84. The zero-order chi connectivity index (χ0) is 12.5. The number of anilines is 2. The van der Waals surface area contributed by atoms with Crippen LogP contribution < -0.4 is 9.80 Å². The maximum Gasteiger partial charge on any atom is 0.230 e. The number of hydrogen-bond acceptors (Lipinski definition) is 2. The molecule has 0 spiro atoms. The molecule has 0 aromatic heterocycles. The van der Waals surface area contributed by atoms with E-state index < -0.39 is 0 Å². The maximum atomic E-state index is 12.4. The molecule has 2 aliphatic rings. The third kappa shape index (κ3) is 1.78. The van der Waals surface area contributed by atoms with Crippen LogP contribution in [0.1, 0.15) is 26.2 Å². The van der Waals surface area contributed by atoms with E-state index in [-0.39, 0.29) is 5.92 Å². The van der Waals surface area contributed by atoms with Crippen LogP contribution in [0.4, 0.5) is 11.4 Å². The number of likely N-dealkylation sites (N-methyl/N-ethyl adjacent to an activating group) is 1. The number of amides is 1. The van der Waals surface area contributed by atoms with Crippen LogP contribution in [-0.2, 0) is 4.79 Å². The fourth-order valence-corrected chi connectivity index (χ4v) is 2.85. The van der Waals surface area contributed by atoms with Crippen molar-refractivity contribution >= 4 is 17.3 Å². The highest BCUT2D eigenvalue weighted by molar-refractivity contribution is 5.99. The smallest absolute Gasteiger partial charge is 0.230 e. The number of para-hydroxylation sites is 2. The average Bonchev–Trinajstić information content (AvgIpc) is 2.35. The first-order valence-corrected chi connectivity index (χ1v) is 6.96. The molecule has 1 saturated carbocycles. The van der Waals surface area contributed by atoms with Gasteiger partial charge in [0, 0.05) is 25.6 Å². The Kier molecular flexibility index (Phi) is 2.98. The van der Waals surface area contributed by atoms with Crippen LogP contribution in [0.25, 0.3) is 0 Å². The summed E-state index contributed by atoms with van der Waals surface area (Å²) in [6, 6.07) is 8.28. The van der Waals surface area contributed by atoms with E-state index in [0.29, 0.717) is 5.91 Å². The van der Waals surface area contributed by atoms with Gasteiger partial charge in [-0.3, -0.25) is 4.79 Å². The molecule has 0 radical (unpaired) electrons. The Bertz CT molecular complexity index is 454. The summed E-state index contributed by atoms with van der Waals surface area (Å²) in [5.74, 6) is 0.621. The number of rotatable bonds is 2. The predicted octanol–water partition coefficient (Wildman–Crippen LogP) is 2.66. The molecule has 1 aromatic rings. The van der Waals surface area contributed by atoms with Crippen molar-refractivity contribution in [3.05, 3.63) is 24.3 Å². The number of carbonyl (C=O) groups is 1. The van der Waals surface area contributed by atoms with E-state index in [4.69, 9.17) is 0 Å². The topological polar surface area (TPSA) is 23.6 Å².